The van der Waals surface area contributed by atoms with Gasteiger partial charge in [-0.25, -0.2) is 0 Å². The second-order valence-corrected chi connectivity index (χ2v) is 1.88. The van der Waals surface area contributed by atoms with E-state index >= 15 is 0 Å². The lowest BCUT2D eigenvalue weighted by Crippen LogP contribution is -2.30. The highest BCUT2D eigenvalue weighted by atomic mass is 16.4. The van der Waals surface area contributed by atoms with Gasteiger partial charge >= 0.3 is 11.9 Å². The molecule has 1 atom stereocenters. The van der Waals surface area contributed by atoms with Gasteiger partial charge in [0.1, 0.15) is 6.04 Å². The summed E-state index contributed by atoms with van der Waals surface area (Å²) in [5.41, 5.74) is 5.00. The lowest BCUT2D eigenvalue weighted by Gasteiger charge is -2.01. The van der Waals surface area contributed by atoms with Crippen LogP contribution in [-0.4, -0.2) is 28.2 Å². The maximum Gasteiger partial charge on any atom is 0.320 e. The number of carboxylic acids is 2. The molecule has 0 heterocycles. The molecule has 14 heavy (non-hydrogen) atoms. The van der Waals surface area contributed by atoms with Crippen LogP contribution in [0.1, 0.15) is 12.8 Å². The molecule has 0 fully saturated rings. The summed E-state index contributed by atoms with van der Waals surface area (Å²) in [5, 5.41) is 16.3. The van der Waals surface area contributed by atoms with Crippen LogP contribution in [0.4, 0.5) is 0 Å². The third-order valence-electron chi connectivity index (χ3n) is 0.986. The molecule has 0 spiro atoms. The van der Waals surface area contributed by atoms with Gasteiger partial charge in [0.05, 0.1) is 0 Å². The summed E-state index contributed by atoms with van der Waals surface area (Å²) in [6, 6.07) is -1.06. The Balaban J connectivity index is -0.000000266. The summed E-state index contributed by atoms with van der Waals surface area (Å²) >= 11 is 0. The van der Waals surface area contributed by atoms with Crippen LogP contribution in [0.3, 0.4) is 0 Å². The largest absolute Gasteiger partial charge is 0.481 e. The Morgan fingerprint density at radius 3 is 1.71 bits per heavy atom. The highest BCUT2D eigenvalue weighted by molar-refractivity contribution is 5.74. The molecule has 0 saturated carbocycles. The van der Waals surface area contributed by atoms with Crippen molar-refractivity contribution in [1.82, 2.24) is 0 Å². The Hall–Kier alpha value is -1.62. The molecule has 0 rings (SSSR count). The third kappa shape index (κ3) is 16.8. The van der Waals surface area contributed by atoms with Crippen molar-refractivity contribution in [3.8, 4) is 0 Å². The number of nitrogens with two attached hydrogens (primary N) is 1. The summed E-state index contributed by atoms with van der Waals surface area (Å²) in [4.78, 5) is 19.9. The first kappa shape index (κ1) is 18.2. The highest BCUT2D eigenvalue weighted by Gasteiger charge is 2.12. The van der Waals surface area contributed by atoms with Crippen molar-refractivity contribution in [3.05, 3.63) is 26.3 Å². The van der Waals surface area contributed by atoms with Crippen molar-refractivity contribution < 1.29 is 19.8 Å². The number of carboxylic acid groups (broad SMARTS) is 2. The molecule has 0 bridgehead atoms. The fraction of sp³-hybridized carbons (Fsp3) is 0.333. The van der Waals surface area contributed by atoms with Gasteiger partial charge in [0.25, 0.3) is 0 Å². The van der Waals surface area contributed by atoms with Crippen LogP contribution >= 0.6 is 0 Å². The lowest BCUT2D eigenvalue weighted by molar-refractivity contribution is -0.139. The SMILES string of the molecule is C=C.C=C.NC(CCC(=O)O)C(=O)O. The third-order valence-corrected chi connectivity index (χ3v) is 0.986. The minimum absolute atomic E-state index is 0.0231. The topological polar surface area (TPSA) is 101 Å². The zero-order valence-corrected chi connectivity index (χ0v) is 8.11. The van der Waals surface area contributed by atoms with Crippen molar-refractivity contribution in [1.29, 1.82) is 0 Å². The van der Waals surface area contributed by atoms with Gasteiger partial charge in [0.15, 0.2) is 0 Å². The van der Waals surface area contributed by atoms with Gasteiger partial charge in [-0.1, -0.05) is 0 Å². The highest BCUT2D eigenvalue weighted by Crippen LogP contribution is 1.93. The monoisotopic (exact) mass is 203 g/mol. The fourth-order valence-corrected chi connectivity index (χ4v) is 0.402. The van der Waals surface area contributed by atoms with E-state index in [-0.39, 0.29) is 12.8 Å². The molecule has 0 aliphatic rings. The van der Waals surface area contributed by atoms with E-state index in [1.807, 2.05) is 0 Å². The molecule has 5 nitrogen and oxygen atoms in total. The Morgan fingerprint density at radius 2 is 1.50 bits per heavy atom. The normalized spacial score (nSPS) is 9.50. The zero-order valence-electron chi connectivity index (χ0n) is 8.11. The van der Waals surface area contributed by atoms with E-state index in [1.165, 1.54) is 0 Å². The molecule has 0 aromatic carbocycles. The maximum absolute atomic E-state index is 9.99. The first-order chi connectivity index (χ1) is 6.54. The summed E-state index contributed by atoms with van der Waals surface area (Å²) in [7, 11) is 0. The molecule has 4 N–H and O–H groups in total. The summed E-state index contributed by atoms with van der Waals surface area (Å²) in [5.74, 6) is -2.20. The molecule has 0 amide bonds. The average molecular weight is 203 g/mol. The molecule has 0 radical (unpaired) electrons. The zero-order chi connectivity index (χ0) is 12.1. The minimum Gasteiger partial charge on any atom is -0.481 e. The van der Waals surface area contributed by atoms with Gasteiger partial charge in [0.2, 0.25) is 0 Å². The molecule has 0 saturated heterocycles. The van der Waals surface area contributed by atoms with Gasteiger partial charge < -0.3 is 15.9 Å². The number of hydrogen-bond donors (Lipinski definition) is 3. The minimum atomic E-state index is -1.17. The van der Waals surface area contributed by atoms with E-state index in [0.29, 0.717) is 0 Å². The number of carbonyl (C=O) groups is 2. The lowest BCUT2D eigenvalue weighted by atomic mass is 10.2. The first-order valence-corrected chi connectivity index (χ1v) is 3.74. The molecule has 1 unspecified atom stereocenters. The van der Waals surface area contributed by atoms with Gasteiger partial charge in [-0.05, 0) is 6.42 Å². The van der Waals surface area contributed by atoms with Crippen molar-refractivity contribution >= 4 is 11.9 Å². The first-order valence-electron chi connectivity index (χ1n) is 3.74. The molecule has 0 aromatic heterocycles. The van der Waals surface area contributed by atoms with Crippen LogP contribution < -0.4 is 5.73 Å². The predicted molar refractivity (Wildman–Crippen MR) is 55.0 cm³/mol. The standard InChI is InChI=1S/C5H9NO4.2C2H4/c6-3(5(9)10)1-2-4(7)8;2*1-2/h3H,1-2,6H2,(H,7,8)(H,9,10);2*1-2H2. The quantitative estimate of drug-likeness (QED) is 0.588. The molecule has 0 aliphatic carbocycles. The Labute approximate surface area is 83.5 Å². The van der Waals surface area contributed by atoms with Crippen molar-refractivity contribution in [2.24, 2.45) is 5.73 Å². The summed E-state index contributed by atoms with van der Waals surface area (Å²) in [6.45, 7) is 12.0. The van der Waals surface area contributed by atoms with Crippen LogP contribution in [0.15, 0.2) is 26.3 Å². The van der Waals surface area contributed by atoms with E-state index < -0.39 is 18.0 Å². The van der Waals surface area contributed by atoms with Gasteiger partial charge in [-0.2, -0.15) is 0 Å². The van der Waals surface area contributed by atoms with Crippen LogP contribution in [-0.2, 0) is 9.59 Å². The number of aliphatic carboxylic acids is 2. The van der Waals surface area contributed by atoms with E-state index in [4.69, 9.17) is 15.9 Å². The van der Waals surface area contributed by atoms with E-state index in [9.17, 15) is 9.59 Å². The number of rotatable bonds is 4. The average Bonchev–Trinajstić information content (AvgIpc) is 2.20. The molecule has 0 aliphatic heterocycles. The Kier molecular flexibility index (Phi) is 18.1. The summed E-state index contributed by atoms with van der Waals surface area (Å²) in [6.07, 6.45) is -0.224. The second kappa shape index (κ2) is 13.9. The fourth-order valence-electron chi connectivity index (χ4n) is 0.402. The second-order valence-electron chi connectivity index (χ2n) is 1.88. The summed E-state index contributed by atoms with van der Waals surface area (Å²) < 4.78 is 0. The molecular weight excluding hydrogens is 186 g/mol. The van der Waals surface area contributed by atoms with Crippen molar-refractivity contribution in [2.75, 3.05) is 0 Å². The van der Waals surface area contributed by atoms with Crippen LogP contribution in [0, 0.1) is 0 Å². The van der Waals surface area contributed by atoms with Crippen LogP contribution in [0.2, 0.25) is 0 Å². The number of hydrogen-bond acceptors (Lipinski definition) is 3. The van der Waals surface area contributed by atoms with Crippen LogP contribution in [0.25, 0.3) is 0 Å². The van der Waals surface area contributed by atoms with Crippen molar-refractivity contribution in [3.63, 3.8) is 0 Å². The molecule has 82 valence electrons. The predicted octanol–water partition coefficient (Wildman–Crippen LogP) is 0.867. The van der Waals surface area contributed by atoms with Gasteiger partial charge in [-0.15, -0.1) is 26.3 Å². The van der Waals surface area contributed by atoms with E-state index in [2.05, 4.69) is 26.3 Å². The Bertz CT molecular complexity index is 168. The Morgan fingerprint density at radius 1 is 1.14 bits per heavy atom. The van der Waals surface area contributed by atoms with Crippen molar-refractivity contribution in [2.45, 2.75) is 18.9 Å². The van der Waals surface area contributed by atoms with Gasteiger partial charge in [-0.3, -0.25) is 9.59 Å². The van der Waals surface area contributed by atoms with E-state index in [0.717, 1.165) is 0 Å². The van der Waals surface area contributed by atoms with Crippen LogP contribution in [0.5, 0.6) is 0 Å². The molecule has 5 heteroatoms. The maximum atomic E-state index is 9.99. The van der Waals surface area contributed by atoms with Gasteiger partial charge in [0, 0.05) is 6.42 Å². The molecule has 0 aromatic rings. The smallest absolute Gasteiger partial charge is 0.320 e. The van der Waals surface area contributed by atoms with E-state index in [1.54, 1.807) is 0 Å². The molecular formula is C9H17NO4.